The van der Waals surface area contributed by atoms with Crippen molar-refractivity contribution in [2.24, 2.45) is 0 Å². The molecule has 0 saturated carbocycles. The van der Waals surface area contributed by atoms with E-state index in [-0.39, 0.29) is 12.0 Å². The van der Waals surface area contributed by atoms with Crippen molar-refractivity contribution in [2.75, 3.05) is 25.0 Å². The van der Waals surface area contributed by atoms with E-state index in [1.54, 1.807) is 0 Å². The van der Waals surface area contributed by atoms with Gasteiger partial charge in [0.25, 0.3) is 5.91 Å². The van der Waals surface area contributed by atoms with Gasteiger partial charge in [0.15, 0.2) is 5.69 Å². The molecular weight excluding hydrogens is 420 g/mol. The largest absolute Gasteiger partial charge is 0.490 e. The Labute approximate surface area is 165 Å². The molecule has 1 aromatic carbocycles. The Balaban J connectivity index is 1.38. The van der Waals surface area contributed by atoms with Crippen LogP contribution in [0.4, 0.5) is 5.82 Å². The Morgan fingerprint density at radius 1 is 1.23 bits per heavy atom. The molecule has 6 nitrogen and oxygen atoms in total. The number of piperidine rings is 1. The molecule has 4 rings (SSSR count). The number of aryl methyl sites for hydroxylation is 1. The Hall–Kier alpha value is -1.73. The second-order valence-electron chi connectivity index (χ2n) is 6.58. The Bertz CT molecular complexity index is 800. The van der Waals surface area contributed by atoms with Gasteiger partial charge in [0.05, 0.1) is 4.47 Å². The molecule has 2 aromatic rings. The highest BCUT2D eigenvalue weighted by atomic mass is 79.9. The molecule has 1 fully saturated rings. The molecule has 3 heterocycles. The van der Waals surface area contributed by atoms with Crippen LogP contribution in [0, 0.1) is 0 Å². The van der Waals surface area contributed by atoms with E-state index in [4.69, 9.17) is 16.3 Å². The van der Waals surface area contributed by atoms with Gasteiger partial charge >= 0.3 is 0 Å². The van der Waals surface area contributed by atoms with Crippen LogP contribution in [-0.2, 0) is 6.54 Å². The first-order valence-electron chi connectivity index (χ1n) is 8.83. The van der Waals surface area contributed by atoms with Gasteiger partial charge in [0.1, 0.15) is 17.7 Å². The number of hydrogen-bond donors (Lipinski definition) is 1. The molecular formula is C18H20BrClN4O2. The number of likely N-dealkylation sites (tertiary alicyclic amines) is 1. The number of aromatic nitrogens is 2. The Kier molecular flexibility index (Phi) is 5.09. The van der Waals surface area contributed by atoms with E-state index in [1.807, 2.05) is 33.8 Å². The lowest BCUT2D eigenvalue weighted by Gasteiger charge is -2.31. The van der Waals surface area contributed by atoms with Gasteiger partial charge in [0, 0.05) is 44.0 Å². The zero-order valence-electron chi connectivity index (χ0n) is 14.3. The predicted octanol–water partition coefficient (Wildman–Crippen LogP) is 3.80. The summed E-state index contributed by atoms with van der Waals surface area (Å²) in [5, 5.41) is 8.49. The summed E-state index contributed by atoms with van der Waals surface area (Å²) in [6.07, 6.45) is 2.73. The van der Waals surface area contributed by atoms with E-state index < -0.39 is 0 Å². The van der Waals surface area contributed by atoms with Gasteiger partial charge in [-0.2, -0.15) is 5.10 Å². The molecule has 8 heteroatoms. The first kappa shape index (κ1) is 17.7. The maximum absolute atomic E-state index is 12.9. The number of anilines is 1. The maximum Gasteiger partial charge on any atom is 0.275 e. The Morgan fingerprint density at radius 2 is 1.96 bits per heavy atom. The number of nitrogens with zero attached hydrogens (tertiary/aromatic N) is 3. The Morgan fingerprint density at radius 3 is 2.65 bits per heavy atom. The zero-order chi connectivity index (χ0) is 18.1. The van der Waals surface area contributed by atoms with E-state index in [2.05, 4.69) is 26.3 Å². The minimum atomic E-state index is -0.0227. The average molecular weight is 440 g/mol. The molecule has 1 saturated heterocycles. The maximum atomic E-state index is 12.9. The quantitative estimate of drug-likeness (QED) is 0.790. The molecule has 0 spiro atoms. The van der Waals surface area contributed by atoms with Crippen LogP contribution in [0.3, 0.4) is 0 Å². The number of halogens is 2. The van der Waals surface area contributed by atoms with Crippen molar-refractivity contribution in [1.82, 2.24) is 14.7 Å². The fourth-order valence-electron chi connectivity index (χ4n) is 3.38. The van der Waals surface area contributed by atoms with Crippen molar-refractivity contribution >= 4 is 39.3 Å². The van der Waals surface area contributed by atoms with Crippen LogP contribution in [-0.4, -0.2) is 46.3 Å². The lowest BCUT2D eigenvalue weighted by atomic mass is 10.1. The van der Waals surface area contributed by atoms with Crippen molar-refractivity contribution < 1.29 is 9.53 Å². The van der Waals surface area contributed by atoms with E-state index in [0.29, 0.717) is 23.8 Å². The molecule has 138 valence electrons. The van der Waals surface area contributed by atoms with Crippen LogP contribution in [0.15, 0.2) is 28.7 Å². The second kappa shape index (κ2) is 7.48. The highest BCUT2D eigenvalue weighted by molar-refractivity contribution is 9.10. The fraction of sp³-hybridized carbons (Fsp3) is 0.444. The van der Waals surface area contributed by atoms with Gasteiger partial charge in [-0.15, -0.1) is 0 Å². The summed E-state index contributed by atoms with van der Waals surface area (Å²) in [7, 11) is 0. The average Bonchev–Trinajstić information content (AvgIpc) is 3.01. The van der Waals surface area contributed by atoms with Gasteiger partial charge in [-0.1, -0.05) is 11.6 Å². The first-order chi connectivity index (χ1) is 12.6. The first-order valence-corrected chi connectivity index (χ1v) is 10.0. The number of hydrogen-bond acceptors (Lipinski definition) is 4. The van der Waals surface area contributed by atoms with Crippen LogP contribution in [0.2, 0.25) is 5.02 Å². The summed E-state index contributed by atoms with van der Waals surface area (Å²) < 4.78 is 8.64. The smallest absolute Gasteiger partial charge is 0.275 e. The summed E-state index contributed by atoms with van der Waals surface area (Å²) in [4.78, 5) is 14.7. The number of carbonyl (C=O) groups is 1. The number of benzene rings is 1. The van der Waals surface area contributed by atoms with Crippen molar-refractivity contribution in [3.05, 3.63) is 39.5 Å². The van der Waals surface area contributed by atoms with Gasteiger partial charge in [-0.3, -0.25) is 4.79 Å². The molecule has 0 radical (unpaired) electrons. The number of rotatable bonds is 3. The number of fused-ring (bicyclic) bond motifs is 1. The molecule has 2 aliphatic rings. The minimum absolute atomic E-state index is 0.0227. The topological polar surface area (TPSA) is 59.4 Å². The third kappa shape index (κ3) is 3.55. The molecule has 2 aliphatic heterocycles. The fourth-order valence-corrected chi connectivity index (χ4v) is 4.09. The van der Waals surface area contributed by atoms with Gasteiger partial charge in [0.2, 0.25) is 0 Å². The normalized spacial score (nSPS) is 17.5. The molecule has 1 amide bonds. The van der Waals surface area contributed by atoms with Crippen LogP contribution >= 0.6 is 27.5 Å². The molecule has 26 heavy (non-hydrogen) atoms. The SMILES string of the molecule is O=C(c1nn2c(c1Br)NCCC2)N1CCC(Oc2ccc(Cl)cc2)CC1. The van der Waals surface area contributed by atoms with Gasteiger partial charge < -0.3 is 15.0 Å². The second-order valence-corrected chi connectivity index (χ2v) is 7.81. The highest BCUT2D eigenvalue weighted by Crippen LogP contribution is 2.30. The zero-order valence-corrected chi connectivity index (χ0v) is 16.6. The van der Waals surface area contributed by atoms with Crippen molar-refractivity contribution in [1.29, 1.82) is 0 Å². The lowest BCUT2D eigenvalue weighted by Crippen LogP contribution is -2.42. The molecule has 1 aromatic heterocycles. The molecule has 1 N–H and O–H groups in total. The monoisotopic (exact) mass is 438 g/mol. The molecule has 0 aliphatic carbocycles. The summed E-state index contributed by atoms with van der Waals surface area (Å²) >= 11 is 9.44. The van der Waals surface area contributed by atoms with Crippen LogP contribution in [0.5, 0.6) is 5.75 Å². The molecule has 0 bridgehead atoms. The number of nitrogens with one attached hydrogen (secondary N) is 1. The van der Waals surface area contributed by atoms with E-state index >= 15 is 0 Å². The van der Waals surface area contributed by atoms with Crippen molar-refractivity contribution in [3.8, 4) is 5.75 Å². The van der Waals surface area contributed by atoms with Crippen molar-refractivity contribution in [2.45, 2.75) is 31.9 Å². The summed E-state index contributed by atoms with van der Waals surface area (Å²) in [5.74, 6) is 1.70. The van der Waals surface area contributed by atoms with E-state index in [1.165, 1.54) is 0 Å². The standard InChI is InChI=1S/C18H20BrClN4O2/c19-15-16(22-24-9-1-8-21-17(15)24)18(25)23-10-6-14(7-11-23)26-13-4-2-12(20)3-5-13/h2-5,14,21H,1,6-11H2. The molecule has 0 atom stereocenters. The van der Waals surface area contributed by atoms with Gasteiger partial charge in [-0.05, 0) is 46.6 Å². The lowest BCUT2D eigenvalue weighted by molar-refractivity contribution is 0.0588. The van der Waals surface area contributed by atoms with Crippen LogP contribution in [0.1, 0.15) is 29.8 Å². The van der Waals surface area contributed by atoms with Crippen LogP contribution < -0.4 is 10.1 Å². The summed E-state index contributed by atoms with van der Waals surface area (Å²) in [5.41, 5.74) is 0.492. The van der Waals surface area contributed by atoms with Crippen LogP contribution in [0.25, 0.3) is 0 Å². The number of carbonyl (C=O) groups excluding carboxylic acids is 1. The highest BCUT2D eigenvalue weighted by Gasteiger charge is 2.30. The van der Waals surface area contributed by atoms with Crippen molar-refractivity contribution in [3.63, 3.8) is 0 Å². The van der Waals surface area contributed by atoms with E-state index in [0.717, 1.165) is 48.4 Å². The number of amides is 1. The third-order valence-electron chi connectivity index (χ3n) is 4.78. The third-order valence-corrected chi connectivity index (χ3v) is 5.79. The predicted molar refractivity (Wildman–Crippen MR) is 104 cm³/mol. The number of ether oxygens (including phenoxy) is 1. The minimum Gasteiger partial charge on any atom is -0.490 e. The molecule has 0 unspecified atom stereocenters. The van der Waals surface area contributed by atoms with Gasteiger partial charge in [-0.25, -0.2) is 4.68 Å². The summed E-state index contributed by atoms with van der Waals surface area (Å²) in [6.45, 7) is 3.08. The summed E-state index contributed by atoms with van der Waals surface area (Å²) in [6, 6.07) is 7.39. The van der Waals surface area contributed by atoms with E-state index in [9.17, 15) is 4.79 Å².